The maximum absolute atomic E-state index is 14.1. The molecule has 0 bridgehead atoms. The van der Waals surface area contributed by atoms with Gasteiger partial charge in [0.05, 0.1) is 11.3 Å². The Morgan fingerprint density at radius 1 is 1.00 bits per heavy atom. The molecule has 0 atom stereocenters. The zero-order valence-corrected chi connectivity index (χ0v) is 26.6. The highest BCUT2D eigenvalue weighted by atomic mass is 79.9. The van der Waals surface area contributed by atoms with Gasteiger partial charge in [0, 0.05) is 78.3 Å². The first kappa shape index (κ1) is 33.3. The summed E-state index contributed by atoms with van der Waals surface area (Å²) in [5.74, 6) is -0.297. The smallest absolute Gasteiger partial charge is 0.324 e. The molecule has 13 heteroatoms. The fourth-order valence-corrected chi connectivity index (χ4v) is 5.28. The average molecular weight is 691 g/mol. The lowest BCUT2D eigenvalue weighted by atomic mass is 10.0. The predicted octanol–water partition coefficient (Wildman–Crippen LogP) is 7.18. The molecule has 44 heavy (non-hydrogen) atoms. The van der Waals surface area contributed by atoms with E-state index >= 15 is 0 Å². The van der Waals surface area contributed by atoms with E-state index in [1.165, 1.54) is 12.1 Å². The van der Waals surface area contributed by atoms with Gasteiger partial charge in [0.25, 0.3) is 5.91 Å². The largest absolute Gasteiger partial charge is 0.416 e. The summed E-state index contributed by atoms with van der Waals surface area (Å²) >= 11 is 3.41. The highest BCUT2D eigenvalue weighted by molar-refractivity contribution is 9.10. The molecule has 1 aliphatic heterocycles. The third-order valence-electron chi connectivity index (χ3n) is 7.38. The quantitative estimate of drug-likeness (QED) is 0.203. The van der Waals surface area contributed by atoms with Crippen LogP contribution in [0, 0.1) is 6.92 Å². The number of likely N-dealkylation sites (N-methyl/N-ethyl adjacent to an activating group) is 1. The molecule has 2 N–H and O–H groups in total. The molecule has 232 valence electrons. The van der Waals surface area contributed by atoms with Gasteiger partial charge < -0.3 is 15.5 Å². The third kappa shape index (κ3) is 8.32. The van der Waals surface area contributed by atoms with Crippen LogP contribution in [0.4, 0.5) is 30.5 Å². The van der Waals surface area contributed by atoms with Gasteiger partial charge in [-0.2, -0.15) is 13.2 Å². The number of halogens is 5. The van der Waals surface area contributed by atoms with Gasteiger partial charge in [-0.1, -0.05) is 19.1 Å². The Balaban J connectivity index is 0.00000442. The summed E-state index contributed by atoms with van der Waals surface area (Å²) < 4.78 is 43.0. The van der Waals surface area contributed by atoms with Crippen molar-refractivity contribution in [3.63, 3.8) is 0 Å². The molecule has 1 saturated heterocycles. The molecule has 3 heterocycles. The summed E-state index contributed by atoms with van der Waals surface area (Å²) in [6.07, 6.45) is 0.418. The van der Waals surface area contributed by atoms with Gasteiger partial charge >= 0.3 is 6.18 Å². The molecular formula is C31H32BrClF3N7O. The molecule has 2 aromatic carbocycles. The monoisotopic (exact) mass is 689 g/mol. The van der Waals surface area contributed by atoms with Crippen molar-refractivity contribution in [2.24, 2.45) is 0 Å². The summed E-state index contributed by atoms with van der Waals surface area (Å²) in [6.45, 7) is 8.12. The van der Waals surface area contributed by atoms with Crippen LogP contribution < -0.4 is 10.6 Å². The molecule has 4 aromatic rings. The fourth-order valence-electron chi connectivity index (χ4n) is 4.91. The predicted molar refractivity (Wildman–Crippen MR) is 171 cm³/mol. The van der Waals surface area contributed by atoms with E-state index in [0.717, 1.165) is 41.3 Å². The van der Waals surface area contributed by atoms with Crippen LogP contribution in [0.5, 0.6) is 0 Å². The number of alkyl halides is 3. The number of nitrogens with zero attached hydrogens (tertiary/aromatic N) is 5. The van der Waals surface area contributed by atoms with Gasteiger partial charge in [0.2, 0.25) is 5.95 Å². The van der Waals surface area contributed by atoms with Crippen LogP contribution in [0.1, 0.15) is 34.0 Å². The van der Waals surface area contributed by atoms with Crippen molar-refractivity contribution >= 4 is 51.6 Å². The Bertz CT molecular complexity index is 1610. The number of aryl methyl sites for hydroxylation is 1. The van der Waals surface area contributed by atoms with Crippen molar-refractivity contribution in [3.05, 3.63) is 93.8 Å². The number of aromatic nitrogens is 3. The van der Waals surface area contributed by atoms with E-state index in [9.17, 15) is 18.0 Å². The molecule has 1 fully saturated rings. The lowest BCUT2D eigenvalue weighted by molar-refractivity contribution is -0.138. The maximum atomic E-state index is 14.1. The minimum atomic E-state index is -4.59. The average Bonchev–Trinajstić information content (AvgIpc) is 2.99. The van der Waals surface area contributed by atoms with Crippen LogP contribution >= 0.6 is 28.3 Å². The van der Waals surface area contributed by atoms with E-state index in [4.69, 9.17) is 0 Å². The number of carbonyl (C=O) groups excluding carboxylic acids is 1. The van der Waals surface area contributed by atoms with Crippen LogP contribution in [0.3, 0.4) is 0 Å². The highest BCUT2D eigenvalue weighted by Gasteiger charge is 2.34. The molecule has 5 rings (SSSR count). The Hall–Kier alpha value is -3.58. The van der Waals surface area contributed by atoms with Crippen LogP contribution in [0.15, 0.2) is 71.6 Å². The summed E-state index contributed by atoms with van der Waals surface area (Å²) in [5, 5.41) is 5.90. The minimum Gasteiger partial charge on any atom is -0.324 e. The fraction of sp³-hybridized carbons (Fsp3) is 0.290. The van der Waals surface area contributed by atoms with Crippen LogP contribution in [0.2, 0.25) is 0 Å². The minimum absolute atomic E-state index is 0. The molecular weight excluding hydrogens is 659 g/mol. The first-order chi connectivity index (χ1) is 20.6. The van der Waals surface area contributed by atoms with E-state index < -0.39 is 17.6 Å². The topological polar surface area (TPSA) is 86.3 Å². The molecule has 0 saturated carbocycles. The maximum Gasteiger partial charge on any atom is 0.416 e. The first-order valence-corrected chi connectivity index (χ1v) is 14.7. The Kier molecular flexibility index (Phi) is 11.0. The lowest BCUT2D eigenvalue weighted by Gasteiger charge is -2.34. The molecule has 1 amide bonds. The molecule has 0 radical (unpaired) electrons. The van der Waals surface area contributed by atoms with Gasteiger partial charge in [-0.25, -0.2) is 9.97 Å². The zero-order chi connectivity index (χ0) is 30.6. The van der Waals surface area contributed by atoms with Gasteiger partial charge in [0.15, 0.2) is 0 Å². The van der Waals surface area contributed by atoms with E-state index in [0.29, 0.717) is 36.1 Å². The number of pyridine rings is 1. The number of amides is 1. The Morgan fingerprint density at radius 3 is 2.45 bits per heavy atom. The van der Waals surface area contributed by atoms with Crippen molar-refractivity contribution in [1.29, 1.82) is 0 Å². The van der Waals surface area contributed by atoms with Crippen molar-refractivity contribution < 1.29 is 18.0 Å². The van der Waals surface area contributed by atoms with Crippen molar-refractivity contribution in [3.8, 4) is 11.3 Å². The van der Waals surface area contributed by atoms with Crippen molar-refractivity contribution in [1.82, 2.24) is 24.8 Å². The number of piperazine rings is 1. The van der Waals surface area contributed by atoms with Gasteiger partial charge in [0.1, 0.15) is 0 Å². The molecule has 2 aromatic heterocycles. The van der Waals surface area contributed by atoms with E-state index in [2.05, 4.69) is 53.3 Å². The molecule has 8 nitrogen and oxygen atoms in total. The molecule has 0 spiro atoms. The van der Waals surface area contributed by atoms with Crippen LogP contribution in [-0.4, -0.2) is 63.4 Å². The zero-order valence-electron chi connectivity index (χ0n) is 24.2. The molecule has 0 unspecified atom stereocenters. The van der Waals surface area contributed by atoms with Crippen molar-refractivity contribution in [2.45, 2.75) is 26.6 Å². The lowest BCUT2D eigenvalue weighted by Crippen LogP contribution is -2.45. The van der Waals surface area contributed by atoms with E-state index in [1.54, 1.807) is 42.9 Å². The Labute approximate surface area is 268 Å². The van der Waals surface area contributed by atoms with Gasteiger partial charge in [-0.3, -0.25) is 14.7 Å². The summed E-state index contributed by atoms with van der Waals surface area (Å²) in [6, 6.07) is 12.6. The number of carbonyl (C=O) groups is 1. The second-order valence-corrected chi connectivity index (χ2v) is 11.3. The number of rotatable bonds is 8. The van der Waals surface area contributed by atoms with Gasteiger partial charge in [-0.15, -0.1) is 12.4 Å². The van der Waals surface area contributed by atoms with E-state index in [-0.39, 0.29) is 30.1 Å². The second-order valence-electron chi connectivity index (χ2n) is 10.3. The third-order valence-corrected chi connectivity index (χ3v) is 7.82. The second kappa shape index (κ2) is 14.5. The number of hydrogen-bond donors (Lipinski definition) is 2. The number of hydrogen-bond acceptors (Lipinski definition) is 7. The standard InChI is InChI=1S/C31H31BrF3N7O.ClH/c1-3-41-10-12-42(13-11-41)19-22-6-5-21(15-26(22)31(33,34)35)29(43)38-25-7-4-20(2)28(16-25)40-30-37-9-8-27(39-30)23-14-24(32)18-36-17-23;/h4-9,14-18H,3,10-13,19H2,1-2H3,(H,38,43)(H,37,39,40);1H. The van der Waals surface area contributed by atoms with E-state index in [1.807, 2.05) is 17.9 Å². The summed E-state index contributed by atoms with van der Waals surface area (Å²) in [7, 11) is 0. The number of anilines is 3. The SMILES string of the molecule is CCN1CCN(Cc2ccc(C(=O)Nc3ccc(C)c(Nc4nccc(-c5cncc(Br)c5)n4)c3)cc2C(F)(F)F)CC1.Cl. The normalized spacial score (nSPS) is 14.1. The summed E-state index contributed by atoms with van der Waals surface area (Å²) in [5.41, 5.74) is 2.69. The molecule has 1 aliphatic rings. The Morgan fingerprint density at radius 2 is 1.75 bits per heavy atom. The van der Waals surface area contributed by atoms with Crippen molar-refractivity contribution in [2.75, 3.05) is 43.4 Å². The van der Waals surface area contributed by atoms with Crippen LogP contribution in [0.25, 0.3) is 11.3 Å². The first-order valence-electron chi connectivity index (χ1n) is 13.9. The highest BCUT2D eigenvalue weighted by Crippen LogP contribution is 2.34. The van der Waals surface area contributed by atoms with Crippen LogP contribution in [-0.2, 0) is 12.7 Å². The summed E-state index contributed by atoms with van der Waals surface area (Å²) in [4.78, 5) is 30.4. The number of benzene rings is 2. The molecule has 0 aliphatic carbocycles. The number of nitrogens with one attached hydrogen (secondary N) is 2. The van der Waals surface area contributed by atoms with Gasteiger partial charge in [-0.05, 0) is 76.9 Å².